The molecule has 1 unspecified atom stereocenters. The number of methoxy groups -OCH3 is 1. The molecule has 19 heteroatoms. The van der Waals surface area contributed by atoms with E-state index >= 15 is 0 Å². The predicted octanol–water partition coefficient (Wildman–Crippen LogP) is 4.85. The average molecular weight is 897 g/mol. The Labute approximate surface area is 367 Å². The highest BCUT2D eigenvalue weighted by atomic mass is 32.2. The van der Waals surface area contributed by atoms with Crippen molar-refractivity contribution in [2.75, 3.05) is 37.8 Å². The molecule has 1 aromatic carbocycles. The molecule has 2 saturated heterocycles. The fourth-order valence-electron chi connectivity index (χ4n) is 7.89. The Morgan fingerprint density at radius 2 is 1.79 bits per heavy atom. The zero-order chi connectivity index (χ0) is 45.5. The molecule has 0 bridgehead atoms. The molecular weight excluding hydrogens is 837 g/mol. The summed E-state index contributed by atoms with van der Waals surface area (Å²) in [5.74, 6) is -1.91. The van der Waals surface area contributed by atoms with Crippen LogP contribution in [0.4, 0.5) is 9.93 Å². The van der Waals surface area contributed by atoms with Gasteiger partial charge in [-0.25, -0.2) is 28.0 Å². The maximum atomic E-state index is 14.9. The number of anilines is 1. The molecule has 6 atom stereocenters. The zero-order valence-electron chi connectivity index (χ0n) is 36.9. The number of rotatable bonds is 15. The molecule has 17 nitrogen and oxygen atoms in total. The number of carbonyl (C=O) groups excluding carboxylic acids is 3. The molecule has 1 aliphatic carbocycles. The molecule has 3 aromatic rings. The Morgan fingerprint density at radius 1 is 1.06 bits per heavy atom. The highest BCUT2D eigenvalue weighted by Crippen LogP contribution is 2.45. The van der Waals surface area contributed by atoms with Gasteiger partial charge in [-0.1, -0.05) is 47.6 Å². The number of carbonyl (C=O) groups is 4. The summed E-state index contributed by atoms with van der Waals surface area (Å²) in [6.45, 7) is 19.1. The van der Waals surface area contributed by atoms with Gasteiger partial charge in [-0.3, -0.25) is 9.59 Å². The number of hydrogen-bond acceptors (Lipinski definition) is 12. The molecule has 1 saturated carbocycles. The summed E-state index contributed by atoms with van der Waals surface area (Å²) < 4.78 is 39.0. The van der Waals surface area contributed by atoms with Gasteiger partial charge in [0, 0.05) is 60.4 Å². The van der Waals surface area contributed by atoms with Crippen LogP contribution >= 0.6 is 11.3 Å². The van der Waals surface area contributed by atoms with Gasteiger partial charge >= 0.3 is 12.0 Å². The zero-order valence-corrected chi connectivity index (χ0v) is 38.5. The van der Waals surface area contributed by atoms with Crippen LogP contribution in [0.15, 0.2) is 42.3 Å². The van der Waals surface area contributed by atoms with Gasteiger partial charge in [0.2, 0.25) is 21.8 Å². The van der Waals surface area contributed by atoms with E-state index in [0.29, 0.717) is 46.8 Å². The summed E-state index contributed by atoms with van der Waals surface area (Å²) in [4.78, 5) is 66.5. The maximum Gasteiger partial charge on any atom is 0.330 e. The predicted molar refractivity (Wildman–Crippen MR) is 238 cm³/mol. The molecule has 0 spiro atoms. The lowest BCUT2D eigenvalue weighted by Gasteiger charge is -2.37. The van der Waals surface area contributed by atoms with Crippen molar-refractivity contribution in [2.24, 2.45) is 16.7 Å². The summed E-state index contributed by atoms with van der Waals surface area (Å²) in [7, 11) is -1.89. The van der Waals surface area contributed by atoms with Crippen LogP contribution < -0.4 is 30.7 Å². The molecule has 3 aliphatic rings. The number of aromatic nitrogens is 2. The van der Waals surface area contributed by atoms with Crippen molar-refractivity contribution >= 4 is 61.2 Å². The second-order valence-electron chi connectivity index (χ2n) is 18.9. The first-order valence-electron chi connectivity index (χ1n) is 20.9. The molecule has 0 radical (unpaired) electrons. The number of thiazole rings is 1. The second-order valence-corrected chi connectivity index (χ2v) is 21.8. The number of nitrogens with one attached hydrogen (secondary N) is 4. The molecule has 3 fully saturated rings. The number of urea groups is 1. The van der Waals surface area contributed by atoms with E-state index in [4.69, 9.17) is 19.4 Å². The van der Waals surface area contributed by atoms with Crippen LogP contribution in [0.25, 0.3) is 22.3 Å². The van der Waals surface area contributed by atoms with Gasteiger partial charge in [-0.15, -0.1) is 17.9 Å². The minimum absolute atomic E-state index is 0.0000434. The average Bonchev–Trinajstić information content (AvgIpc) is 3.44. The van der Waals surface area contributed by atoms with Crippen LogP contribution in [0.1, 0.15) is 74.7 Å². The number of benzene rings is 1. The Kier molecular flexibility index (Phi) is 13.2. The first-order valence-corrected chi connectivity index (χ1v) is 23.4. The molecular formula is C43H60N8O9S2. The Bertz CT molecular complexity index is 2320. The lowest BCUT2D eigenvalue weighted by atomic mass is 9.85. The van der Waals surface area contributed by atoms with Crippen molar-refractivity contribution in [3.63, 3.8) is 0 Å². The number of sulfonamides is 1. The van der Waals surface area contributed by atoms with Gasteiger partial charge in [0.05, 0.1) is 30.6 Å². The van der Waals surface area contributed by atoms with Crippen molar-refractivity contribution in [1.82, 2.24) is 35.1 Å². The third-order valence-corrected chi connectivity index (χ3v) is 14.4. The number of amides is 4. The number of likely N-dealkylation sites (tertiary alicyclic amines) is 1. The summed E-state index contributed by atoms with van der Waals surface area (Å²) in [6.07, 6.45) is 1.38. The Balaban J connectivity index is 1.31. The minimum atomic E-state index is -3.45. The van der Waals surface area contributed by atoms with E-state index in [1.807, 2.05) is 46.1 Å². The number of ether oxygens (including phenoxy) is 2. The van der Waals surface area contributed by atoms with E-state index in [1.54, 1.807) is 46.1 Å². The van der Waals surface area contributed by atoms with E-state index in [0.717, 1.165) is 5.13 Å². The highest BCUT2D eigenvalue weighted by molar-refractivity contribution is 7.89. The SMILES string of the molecule is C=CC1C[C@]1(NC(=O)[C@@H]1C[C@@H](Oc2cc(-c3csc(NC(C)C)n3)nc3cc(OC)ccc23)CN1C(=O)[C@@H](NC(=O)N[C@H](CN1CCCS1(=O)=O)C(C)(C)C)C(C)(C)C)C(=O)O. The first-order chi connectivity index (χ1) is 28.9. The summed E-state index contributed by atoms with van der Waals surface area (Å²) >= 11 is 1.44. The van der Waals surface area contributed by atoms with Crippen molar-refractivity contribution in [3.8, 4) is 22.9 Å². The fraction of sp³-hybridized carbons (Fsp3) is 0.581. The molecule has 4 heterocycles. The van der Waals surface area contributed by atoms with Crippen LogP contribution in [0.5, 0.6) is 11.5 Å². The Hall–Kier alpha value is -5.01. The van der Waals surface area contributed by atoms with Crippen molar-refractivity contribution in [2.45, 2.75) is 110 Å². The van der Waals surface area contributed by atoms with Crippen molar-refractivity contribution in [3.05, 3.63) is 42.3 Å². The molecule has 4 amide bonds. The van der Waals surface area contributed by atoms with E-state index in [-0.39, 0.29) is 37.7 Å². The number of carboxylic acids is 1. The van der Waals surface area contributed by atoms with E-state index < -0.39 is 80.4 Å². The second kappa shape index (κ2) is 17.6. The molecule has 62 heavy (non-hydrogen) atoms. The number of pyridine rings is 1. The lowest BCUT2D eigenvalue weighted by molar-refractivity contribution is -0.146. The van der Waals surface area contributed by atoms with Gasteiger partial charge in [-0.2, -0.15) is 4.31 Å². The molecule has 5 N–H and O–H groups in total. The third-order valence-electron chi connectivity index (χ3n) is 11.7. The van der Waals surface area contributed by atoms with E-state index in [1.165, 1.54) is 26.6 Å². The van der Waals surface area contributed by atoms with Gasteiger partial charge in [-0.05, 0) is 49.7 Å². The van der Waals surface area contributed by atoms with E-state index in [2.05, 4.69) is 27.8 Å². The molecule has 2 aliphatic heterocycles. The topological polar surface area (TPSA) is 221 Å². The minimum Gasteiger partial charge on any atom is -0.497 e. The van der Waals surface area contributed by atoms with Crippen LogP contribution in [0.3, 0.4) is 0 Å². The normalized spacial score (nSPS) is 23.4. The largest absolute Gasteiger partial charge is 0.497 e. The first kappa shape index (κ1) is 46.5. The van der Waals surface area contributed by atoms with Crippen molar-refractivity contribution < 1.29 is 42.2 Å². The number of aliphatic carboxylic acids is 1. The van der Waals surface area contributed by atoms with Gasteiger partial charge < -0.3 is 40.7 Å². The van der Waals surface area contributed by atoms with Crippen LogP contribution in [-0.2, 0) is 24.4 Å². The number of hydrogen-bond donors (Lipinski definition) is 5. The summed E-state index contributed by atoms with van der Waals surface area (Å²) in [5.41, 5.74) is -1.30. The number of fused-ring (bicyclic) bond motifs is 1. The number of carboxylic acid groups (broad SMARTS) is 1. The molecule has 338 valence electrons. The monoisotopic (exact) mass is 896 g/mol. The standard InChI is InChI=1S/C43H60N8O9S2/c1-11-25-20-43(25,38(54)55)49-36(52)32-18-27(60-33-19-30(31-23-61-40(46-31)44-24(2)3)45-29-17-26(59-10)13-14-28(29)33)21-51(32)37(53)35(42(7,8)9)48-39(56)47-34(41(4,5)6)22-50-15-12-16-62(50,57)58/h11,13-14,17,19,23-25,27,32,34-35H,1,12,15-16,18,20-22H2,2-10H3,(H,44,46)(H,49,52)(H,54,55)(H2,47,48,56)/t25?,27-,32+,34-,35-,43-/m1/s1. The Morgan fingerprint density at radius 3 is 2.37 bits per heavy atom. The summed E-state index contributed by atoms with van der Waals surface area (Å²) in [5, 5.41) is 25.3. The van der Waals surface area contributed by atoms with Crippen LogP contribution in [0.2, 0.25) is 0 Å². The highest BCUT2D eigenvalue weighted by Gasteiger charge is 2.61. The van der Waals surface area contributed by atoms with E-state index in [9.17, 15) is 32.7 Å². The fourth-order valence-corrected chi connectivity index (χ4v) is 10.3. The van der Waals surface area contributed by atoms with Crippen LogP contribution in [-0.4, -0.2) is 125 Å². The van der Waals surface area contributed by atoms with Gasteiger partial charge in [0.25, 0.3) is 0 Å². The van der Waals surface area contributed by atoms with Gasteiger partial charge in [0.1, 0.15) is 40.9 Å². The van der Waals surface area contributed by atoms with Crippen LogP contribution in [0, 0.1) is 16.7 Å². The quantitative estimate of drug-likeness (QED) is 0.129. The maximum absolute atomic E-state index is 14.9. The van der Waals surface area contributed by atoms with Gasteiger partial charge in [0.15, 0.2) is 5.13 Å². The molecule has 2 aromatic heterocycles. The third kappa shape index (κ3) is 10.1. The smallest absolute Gasteiger partial charge is 0.330 e. The molecule has 6 rings (SSSR count). The summed E-state index contributed by atoms with van der Waals surface area (Å²) in [6, 6.07) is 3.66. The number of nitrogens with zero attached hydrogens (tertiary/aromatic N) is 4. The van der Waals surface area contributed by atoms with Crippen molar-refractivity contribution in [1.29, 1.82) is 0 Å². The lowest BCUT2D eigenvalue weighted by Crippen LogP contribution is -2.62.